The van der Waals surface area contributed by atoms with Gasteiger partial charge in [0.15, 0.2) is 0 Å². The summed E-state index contributed by atoms with van der Waals surface area (Å²) in [5.41, 5.74) is 0.180. The van der Waals surface area contributed by atoms with E-state index < -0.39 is 10.0 Å². The molecule has 16 heavy (non-hydrogen) atoms. The third-order valence-electron chi connectivity index (χ3n) is 3.33. The van der Waals surface area contributed by atoms with Crippen molar-refractivity contribution >= 4 is 21.6 Å². The molecule has 0 amide bonds. The van der Waals surface area contributed by atoms with E-state index in [1.807, 2.05) is 0 Å². The minimum atomic E-state index is -3.09. The molecule has 0 unspecified atom stereocenters. The number of hydrogen-bond donors (Lipinski definition) is 1. The van der Waals surface area contributed by atoms with E-state index in [4.69, 9.17) is 11.6 Å². The second kappa shape index (κ2) is 6.22. The molecule has 0 aliphatic heterocycles. The van der Waals surface area contributed by atoms with Crippen LogP contribution in [0.2, 0.25) is 0 Å². The lowest BCUT2D eigenvalue weighted by atomic mass is 9.89. The van der Waals surface area contributed by atoms with Crippen LogP contribution < -0.4 is 4.72 Å². The summed E-state index contributed by atoms with van der Waals surface area (Å²) in [7, 11) is -3.09. The van der Waals surface area contributed by atoms with Crippen LogP contribution in [0, 0.1) is 5.41 Å². The molecule has 0 radical (unpaired) electrons. The minimum absolute atomic E-state index is 0.180. The first-order valence-electron chi connectivity index (χ1n) is 6.01. The van der Waals surface area contributed by atoms with E-state index in [2.05, 4.69) is 11.6 Å². The van der Waals surface area contributed by atoms with Crippen LogP contribution in [0.1, 0.15) is 45.4 Å². The fourth-order valence-corrected chi connectivity index (χ4v) is 3.63. The quantitative estimate of drug-likeness (QED) is 0.569. The largest absolute Gasteiger partial charge is 0.215 e. The molecule has 0 bridgehead atoms. The summed E-state index contributed by atoms with van der Waals surface area (Å²) >= 11 is 5.52. The molecule has 0 aromatic rings. The van der Waals surface area contributed by atoms with Gasteiger partial charge in [-0.15, -0.1) is 11.6 Å². The van der Waals surface area contributed by atoms with Crippen LogP contribution in [0.3, 0.4) is 0 Å². The summed E-state index contributed by atoms with van der Waals surface area (Å²) in [6, 6.07) is 0. The Balaban J connectivity index is 2.30. The number of alkyl halides is 1. The van der Waals surface area contributed by atoms with Gasteiger partial charge >= 0.3 is 0 Å². The molecule has 1 N–H and O–H groups in total. The maximum Gasteiger partial charge on any atom is 0.211 e. The summed E-state index contributed by atoms with van der Waals surface area (Å²) in [6.07, 6.45) is 6.14. The first kappa shape index (κ1) is 14.3. The van der Waals surface area contributed by atoms with Crippen molar-refractivity contribution in [1.29, 1.82) is 0 Å². The van der Waals surface area contributed by atoms with E-state index in [1.165, 1.54) is 12.8 Å². The summed E-state index contributed by atoms with van der Waals surface area (Å²) in [6.45, 7) is 2.76. The summed E-state index contributed by atoms with van der Waals surface area (Å²) in [4.78, 5) is 0. The lowest BCUT2D eigenvalue weighted by molar-refractivity contribution is 0.336. The van der Waals surface area contributed by atoms with Crippen molar-refractivity contribution in [3.63, 3.8) is 0 Å². The minimum Gasteiger partial charge on any atom is -0.215 e. The Morgan fingerprint density at radius 2 is 1.88 bits per heavy atom. The number of unbranched alkanes of at least 4 members (excludes halogenated alkanes) is 1. The van der Waals surface area contributed by atoms with Gasteiger partial charge in [-0.05, 0) is 31.1 Å². The number of nitrogens with one attached hydrogen (secondary N) is 1. The van der Waals surface area contributed by atoms with Crippen molar-refractivity contribution in [1.82, 2.24) is 4.72 Å². The zero-order chi connectivity index (χ0) is 12.1. The zero-order valence-corrected chi connectivity index (χ0v) is 11.5. The molecule has 0 spiro atoms. The third-order valence-corrected chi connectivity index (χ3v) is 5.00. The normalized spacial score (nSPS) is 20.1. The molecule has 1 aliphatic carbocycles. The number of hydrogen-bond acceptors (Lipinski definition) is 2. The molecule has 0 saturated heterocycles. The van der Waals surface area contributed by atoms with Gasteiger partial charge in [0.2, 0.25) is 10.0 Å². The van der Waals surface area contributed by atoms with Crippen LogP contribution in [0.15, 0.2) is 0 Å². The Kier molecular flexibility index (Phi) is 5.54. The van der Waals surface area contributed by atoms with Crippen molar-refractivity contribution < 1.29 is 8.42 Å². The van der Waals surface area contributed by atoms with Gasteiger partial charge in [-0.3, -0.25) is 0 Å². The number of rotatable bonds is 7. The van der Waals surface area contributed by atoms with E-state index in [0.29, 0.717) is 18.8 Å². The summed E-state index contributed by atoms with van der Waals surface area (Å²) in [5, 5.41) is 0. The van der Waals surface area contributed by atoms with Gasteiger partial charge in [0.1, 0.15) is 0 Å². The fourth-order valence-electron chi connectivity index (χ4n) is 2.15. The fraction of sp³-hybridized carbons (Fsp3) is 1.00. The van der Waals surface area contributed by atoms with Gasteiger partial charge < -0.3 is 0 Å². The SMILES string of the molecule is CC1(CNS(=O)(=O)CCCCCl)CCCC1. The van der Waals surface area contributed by atoms with Crippen LogP contribution >= 0.6 is 11.6 Å². The van der Waals surface area contributed by atoms with Gasteiger partial charge in [0.05, 0.1) is 5.75 Å². The first-order valence-corrected chi connectivity index (χ1v) is 8.19. The van der Waals surface area contributed by atoms with Crippen LogP contribution in [0.5, 0.6) is 0 Å². The van der Waals surface area contributed by atoms with E-state index in [-0.39, 0.29) is 11.2 Å². The van der Waals surface area contributed by atoms with Crippen molar-refractivity contribution in [2.24, 2.45) is 5.41 Å². The molecule has 1 rings (SSSR count). The number of halogens is 1. The van der Waals surface area contributed by atoms with Crippen molar-refractivity contribution in [3.05, 3.63) is 0 Å². The first-order chi connectivity index (χ1) is 7.47. The van der Waals surface area contributed by atoms with E-state index in [1.54, 1.807) is 0 Å². The predicted molar refractivity (Wildman–Crippen MR) is 68.3 cm³/mol. The molecule has 0 heterocycles. The lowest BCUT2D eigenvalue weighted by Crippen LogP contribution is -2.35. The van der Waals surface area contributed by atoms with Gasteiger partial charge in [0.25, 0.3) is 0 Å². The van der Waals surface area contributed by atoms with E-state index in [0.717, 1.165) is 19.3 Å². The molecule has 5 heteroatoms. The third kappa shape index (κ3) is 5.02. The topological polar surface area (TPSA) is 46.2 Å². The Morgan fingerprint density at radius 1 is 1.25 bits per heavy atom. The standard InChI is InChI=1S/C11H22ClNO2S/c1-11(6-2-3-7-11)10-13-16(14,15)9-5-4-8-12/h13H,2-10H2,1H3. The van der Waals surface area contributed by atoms with Crippen LogP contribution in [-0.2, 0) is 10.0 Å². The van der Waals surface area contributed by atoms with Gasteiger partial charge in [-0.25, -0.2) is 13.1 Å². The van der Waals surface area contributed by atoms with Gasteiger partial charge in [0, 0.05) is 12.4 Å². The summed E-state index contributed by atoms with van der Waals surface area (Å²) in [5.74, 6) is 0.739. The predicted octanol–water partition coefficient (Wildman–Crippen LogP) is 2.51. The van der Waals surface area contributed by atoms with Crippen molar-refractivity contribution in [3.8, 4) is 0 Å². The van der Waals surface area contributed by atoms with E-state index in [9.17, 15) is 8.42 Å². The lowest BCUT2D eigenvalue weighted by Gasteiger charge is -2.23. The van der Waals surface area contributed by atoms with E-state index >= 15 is 0 Å². The average Bonchev–Trinajstić information content (AvgIpc) is 2.64. The Hall–Kier alpha value is 0.200. The smallest absolute Gasteiger partial charge is 0.211 e. The second-order valence-electron chi connectivity index (χ2n) is 5.05. The monoisotopic (exact) mass is 267 g/mol. The average molecular weight is 268 g/mol. The van der Waals surface area contributed by atoms with Gasteiger partial charge in [-0.1, -0.05) is 19.8 Å². The number of sulfonamides is 1. The second-order valence-corrected chi connectivity index (χ2v) is 7.36. The summed E-state index contributed by atoms with van der Waals surface area (Å²) < 4.78 is 26.0. The van der Waals surface area contributed by atoms with Crippen molar-refractivity contribution in [2.75, 3.05) is 18.2 Å². The molecule has 1 saturated carbocycles. The Labute approximate surface area is 104 Å². The molecule has 1 fully saturated rings. The zero-order valence-electron chi connectivity index (χ0n) is 9.97. The van der Waals surface area contributed by atoms with Crippen molar-refractivity contribution in [2.45, 2.75) is 45.4 Å². The van der Waals surface area contributed by atoms with Crippen LogP contribution in [0.4, 0.5) is 0 Å². The molecular formula is C11H22ClNO2S. The highest BCUT2D eigenvalue weighted by molar-refractivity contribution is 7.89. The Bertz CT molecular complexity index is 297. The Morgan fingerprint density at radius 3 is 2.44 bits per heavy atom. The molecule has 1 aliphatic rings. The maximum absolute atomic E-state index is 11.7. The van der Waals surface area contributed by atoms with Gasteiger partial charge in [-0.2, -0.15) is 0 Å². The molecule has 96 valence electrons. The highest BCUT2D eigenvalue weighted by atomic mass is 35.5. The molecule has 3 nitrogen and oxygen atoms in total. The molecular weight excluding hydrogens is 246 g/mol. The molecule has 0 aromatic carbocycles. The van der Waals surface area contributed by atoms with Crippen LogP contribution in [0.25, 0.3) is 0 Å². The molecule has 0 atom stereocenters. The maximum atomic E-state index is 11.7. The highest BCUT2D eigenvalue weighted by Gasteiger charge is 2.29. The molecule has 0 aromatic heterocycles. The van der Waals surface area contributed by atoms with Crippen LogP contribution in [-0.4, -0.2) is 26.6 Å². The highest BCUT2D eigenvalue weighted by Crippen LogP contribution is 2.36.